The van der Waals surface area contributed by atoms with Crippen LogP contribution in [0.1, 0.15) is 71.9 Å². The third kappa shape index (κ3) is 7.32. The van der Waals surface area contributed by atoms with Crippen molar-refractivity contribution in [3.05, 3.63) is 173 Å². The number of fused-ring (bicyclic) bond motifs is 4. The standard InChI is InChI=1S/C49H49BO6Si/c1-49(2,3)57(37-20-9-5-10-21-37,38-22-11-6-12-23-38)55-32-36-30-41-46(48(53)40-25-15-14-24-39(40)47(41)52)42-31-50(54)56-44(45(36)42)28-27-34(33-17-7-4-8-18-33)29-35-19-13-16-26-43(35)51/h4-26,29,41-42,44,46,51,54H,27-28,30-32H2,1-3H3/b34-29-/t41-,42+,44-,46-/m1/s1. The van der Waals surface area contributed by atoms with Crippen LogP contribution < -0.4 is 10.4 Å². The highest BCUT2D eigenvalue weighted by molar-refractivity contribution is 6.99. The Morgan fingerprint density at radius 1 is 0.772 bits per heavy atom. The fourth-order valence-electron chi connectivity index (χ4n) is 9.79. The smallest absolute Gasteiger partial charge is 0.455 e. The van der Waals surface area contributed by atoms with Crippen molar-refractivity contribution in [1.29, 1.82) is 0 Å². The van der Waals surface area contributed by atoms with Crippen molar-refractivity contribution in [3.63, 3.8) is 0 Å². The molecule has 5 aromatic rings. The lowest BCUT2D eigenvalue weighted by Crippen LogP contribution is -2.66. The molecule has 1 fully saturated rings. The zero-order valence-corrected chi connectivity index (χ0v) is 33.8. The van der Waals surface area contributed by atoms with E-state index in [1.165, 1.54) is 0 Å². The highest BCUT2D eigenvalue weighted by Crippen LogP contribution is 2.51. The number of hydrogen-bond donors (Lipinski definition) is 2. The summed E-state index contributed by atoms with van der Waals surface area (Å²) in [4.78, 5) is 28.9. The number of aromatic hydroxyl groups is 1. The normalized spacial score (nSPS) is 21.2. The van der Waals surface area contributed by atoms with Gasteiger partial charge in [0, 0.05) is 28.5 Å². The van der Waals surface area contributed by atoms with E-state index >= 15 is 0 Å². The minimum absolute atomic E-state index is 0.0216. The molecule has 6 nitrogen and oxygen atoms in total. The molecule has 2 aliphatic carbocycles. The Hall–Kier alpha value is -5.12. The zero-order chi connectivity index (χ0) is 39.7. The second-order valence-electron chi connectivity index (χ2n) is 16.7. The number of phenolic OH excluding ortho intramolecular Hbond substituents is 1. The molecule has 4 atom stereocenters. The lowest BCUT2D eigenvalue weighted by molar-refractivity contribution is 0.0592. The first-order valence-electron chi connectivity index (χ1n) is 20.1. The van der Waals surface area contributed by atoms with Crippen molar-refractivity contribution in [2.24, 2.45) is 17.8 Å². The third-order valence-corrected chi connectivity index (χ3v) is 17.3. The maximum Gasteiger partial charge on any atom is 0.455 e. The fraction of sp³-hybridized carbons (Fsp3) is 0.265. The molecule has 0 spiro atoms. The van der Waals surface area contributed by atoms with E-state index in [9.17, 15) is 19.7 Å². The Morgan fingerprint density at radius 3 is 1.95 bits per heavy atom. The Balaban J connectivity index is 1.24. The van der Waals surface area contributed by atoms with Gasteiger partial charge in [0.05, 0.1) is 12.7 Å². The molecule has 288 valence electrons. The molecule has 0 radical (unpaired) electrons. The van der Waals surface area contributed by atoms with Crippen molar-refractivity contribution >= 4 is 49.0 Å². The molecule has 0 bridgehead atoms. The average Bonchev–Trinajstić information content (AvgIpc) is 3.22. The molecule has 1 aliphatic heterocycles. The predicted molar refractivity (Wildman–Crippen MR) is 230 cm³/mol. The molecule has 0 aromatic heterocycles. The highest BCUT2D eigenvalue weighted by atomic mass is 28.4. The fourth-order valence-corrected chi connectivity index (χ4v) is 14.3. The van der Waals surface area contributed by atoms with E-state index in [-0.39, 0.29) is 35.3 Å². The summed E-state index contributed by atoms with van der Waals surface area (Å²) in [7, 11) is -4.10. The average molecular weight is 773 g/mol. The van der Waals surface area contributed by atoms with Crippen LogP contribution in [0.2, 0.25) is 11.4 Å². The van der Waals surface area contributed by atoms with Gasteiger partial charge in [-0.05, 0) is 81.3 Å². The Morgan fingerprint density at radius 2 is 1.33 bits per heavy atom. The molecular formula is C49H49BO6Si. The Bertz CT molecular complexity index is 2280. The predicted octanol–water partition coefficient (Wildman–Crippen LogP) is 8.80. The summed E-state index contributed by atoms with van der Waals surface area (Å²) in [5.41, 5.74) is 5.64. The van der Waals surface area contributed by atoms with E-state index in [1.54, 1.807) is 24.3 Å². The van der Waals surface area contributed by atoms with Crippen LogP contribution >= 0.6 is 0 Å². The molecule has 1 heterocycles. The molecule has 1 saturated heterocycles. The number of ketones is 2. The molecule has 8 rings (SSSR count). The van der Waals surface area contributed by atoms with Crippen molar-refractivity contribution in [1.82, 2.24) is 0 Å². The summed E-state index contributed by atoms with van der Waals surface area (Å²) in [6.07, 6.45) is 3.15. The molecule has 8 heteroatoms. The van der Waals surface area contributed by atoms with Crippen LogP contribution in [-0.4, -0.2) is 49.8 Å². The topological polar surface area (TPSA) is 93.1 Å². The molecule has 2 N–H and O–H groups in total. The minimum atomic E-state index is -3.00. The van der Waals surface area contributed by atoms with E-state index in [1.807, 2.05) is 60.7 Å². The van der Waals surface area contributed by atoms with Gasteiger partial charge in [0.2, 0.25) is 0 Å². The number of para-hydroxylation sites is 1. The van der Waals surface area contributed by atoms with Gasteiger partial charge in [0.15, 0.2) is 11.6 Å². The van der Waals surface area contributed by atoms with Crippen LogP contribution in [0.5, 0.6) is 5.75 Å². The lowest BCUT2D eigenvalue weighted by atomic mass is 9.54. The van der Waals surface area contributed by atoms with Gasteiger partial charge >= 0.3 is 7.12 Å². The number of carbonyl (C=O) groups excluding carboxylic acids is 2. The second kappa shape index (κ2) is 16.0. The van der Waals surface area contributed by atoms with Crippen LogP contribution in [0.25, 0.3) is 11.6 Å². The van der Waals surface area contributed by atoms with E-state index in [0.717, 1.165) is 32.7 Å². The Kier molecular flexibility index (Phi) is 10.9. The number of Topliss-reactive ketones (excluding diaryl/α,β-unsaturated/α-hetero) is 2. The molecule has 0 saturated carbocycles. The maximum absolute atomic E-state index is 14.5. The number of hydrogen-bond acceptors (Lipinski definition) is 6. The molecule has 0 unspecified atom stereocenters. The number of benzene rings is 5. The van der Waals surface area contributed by atoms with Crippen LogP contribution in [-0.2, 0) is 9.08 Å². The van der Waals surface area contributed by atoms with Gasteiger partial charge in [-0.15, -0.1) is 0 Å². The van der Waals surface area contributed by atoms with Crippen molar-refractivity contribution in [3.8, 4) is 5.75 Å². The first-order valence-corrected chi connectivity index (χ1v) is 22.0. The molecule has 57 heavy (non-hydrogen) atoms. The van der Waals surface area contributed by atoms with E-state index < -0.39 is 39.3 Å². The van der Waals surface area contributed by atoms with Gasteiger partial charge < -0.3 is 19.2 Å². The monoisotopic (exact) mass is 772 g/mol. The van der Waals surface area contributed by atoms with E-state index in [2.05, 4.69) is 81.4 Å². The van der Waals surface area contributed by atoms with Crippen LogP contribution in [0.4, 0.5) is 0 Å². The summed E-state index contributed by atoms with van der Waals surface area (Å²) in [6, 6.07) is 45.6. The maximum atomic E-state index is 14.5. The van der Waals surface area contributed by atoms with Crippen molar-refractivity contribution < 1.29 is 28.8 Å². The van der Waals surface area contributed by atoms with Crippen LogP contribution in [0.15, 0.2) is 151 Å². The highest BCUT2D eigenvalue weighted by Gasteiger charge is 2.55. The quantitative estimate of drug-likeness (QED) is 0.0838. The zero-order valence-electron chi connectivity index (χ0n) is 32.8. The van der Waals surface area contributed by atoms with Gasteiger partial charge in [0.1, 0.15) is 5.75 Å². The summed E-state index contributed by atoms with van der Waals surface area (Å²) in [5, 5.41) is 24.2. The van der Waals surface area contributed by atoms with Gasteiger partial charge in [-0.25, -0.2) is 0 Å². The third-order valence-electron chi connectivity index (χ3n) is 12.3. The first kappa shape index (κ1) is 38.7. The molecular weight excluding hydrogens is 723 g/mol. The lowest BCUT2D eigenvalue weighted by Gasteiger charge is -2.48. The summed E-state index contributed by atoms with van der Waals surface area (Å²) >= 11 is 0. The van der Waals surface area contributed by atoms with Gasteiger partial charge in [-0.1, -0.05) is 154 Å². The Labute approximate surface area is 337 Å². The van der Waals surface area contributed by atoms with Gasteiger partial charge in [-0.2, -0.15) is 0 Å². The second-order valence-corrected chi connectivity index (χ2v) is 21.0. The number of allylic oxidation sites excluding steroid dienone is 1. The molecule has 5 aromatic carbocycles. The minimum Gasteiger partial charge on any atom is -0.507 e. The van der Waals surface area contributed by atoms with E-state index in [0.29, 0.717) is 36.0 Å². The van der Waals surface area contributed by atoms with E-state index in [4.69, 9.17) is 9.08 Å². The largest absolute Gasteiger partial charge is 0.507 e. The summed E-state index contributed by atoms with van der Waals surface area (Å²) in [5.74, 6) is -1.44. The molecule has 0 amide bonds. The van der Waals surface area contributed by atoms with Gasteiger partial charge in [0.25, 0.3) is 8.32 Å². The number of phenols is 1. The van der Waals surface area contributed by atoms with Crippen molar-refractivity contribution in [2.45, 2.75) is 57.5 Å². The molecule has 3 aliphatic rings. The summed E-state index contributed by atoms with van der Waals surface area (Å²) in [6.45, 7) is 7.02. The van der Waals surface area contributed by atoms with Gasteiger partial charge in [-0.3, -0.25) is 9.59 Å². The van der Waals surface area contributed by atoms with Crippen LogP contribution in [0.3, 0.4) is 0 Å². The van der Waals surface area contributed by atoms with Crippen molar-refractivity contribution in [2.75, 3.05) is 6.61 Å². The summed E-state index contributed by atoms with van der Waals surface area (Å²) < 4.78 is 14.1. The first-order chi connectivity index (χ1) is 27.6. The van der Waals surface area contributed by atoms with Crippen LogP contribution in [0, 0.1) is 17.8 Å². The number of rotatable bonds is 10. The number of carbonyl (C=O) groups is 2. The SMILES string of the molecule is CC(C)(C)[Si](OCC1=C2[C@@H](CC/C(=C/c3ccccc3O)c3ccccc3)OB(O)C[C@@H]2[C@@H]2C(=O)c3ccccc3C(=O)[C@@H]2C1)(c1ccccc1)c1ccccc1.